The summed E-state index contributed by atoms with van der Waals surface area (Å²) in [5, 5.41) is 11.4. The fraction of sp³-hybridized carbons (Fsp3) is 0.154. The van der Waals surface area contributed by atoms with E-state index in [0.717, 1.165) is 5.56 Å². The summed E-state index contributed by atoms with van der Waals surface area (Å²) in [5.41, 5.74) is 1.50. The van der Waals surface area contributed by atoms with Crippen molar-refractivity contribution in [3.63, 3.8) is 0 Å². The smallest absolute Gasteiger partial charge is 0.129 e. The van der Waals surface area contributed by atoms with Gasteiger partial charge in [0, 0.05) is 12.6 Å². The summed E-state index contributed by atoms with van der Waals surface area (Å²) >= 11 is 17.8. The highest BCUT2D eigenvalue weighted by atomic mass is 35.5. The number of hydrogen-bond donors (Lipinski definition) is 1. The molecule has 0 spiro atoms. The van der Waals surface area contributed by atoms with Gasteiger partial charge in [-0.15, -0.1) is 0 Å². The lowest BCUT2D eigenvalue weighted by molar-refractivity contribution is 0.178. The summed E-state index contributed by atoms with van der Waals surface area (Å²) in [6.45, 7) is 0. The molecule has 0 fully saturated rings. The van der Waals surface area contributed by atoms with Gasteiger partial charge >= 0.3 is 0 Å². The molecule has 18 heavy (non-hydrogen) atoms. The molecule has 94 valence electrons. The number of aromatic nitrogens is 1. The Balaban J connectivity index is 2.21. The van der Waals surface area contributed by atoms with E-state index in [9.17, 15) is 5.11 Å². The van der Waals surface area contributed by atoms with Gasteiger partial charge in [0.05, 0.1) is 16.1 Å². The third-order valence-electron chi connectivity index (χ3n) is 2.58. The summed E-state index contributed by atoms with van der Waals surface area (Å²) in [4.78, 5) is 3.87. The number of aliphatic hydroxyl groups excluding tert-OH is 1. The normalized spacial score (nSPS) is 12.4. The topological polar surface area (TPSA) is 33.1 Å². The van der Waals surface area contributed by atoms with E-state index in [-0.39, 0.29) is 0 Å². The third kappa shape index (κ3) is 3.15. The molecule has 2 aromatic rings. The van der Waals surface area contributed by atoms with Crippen LogP contribution in [0.2, 0.25) is 15.2 Å². The first kappa shape index (κ1) is 13.6. The fourth-order valence-corrected chi connectivity index (χ4v) is 2.24. The zero-order valence-electron chi connectivity index (χ0n) is 9.28. The van der Waals surface area contributed by atoms with Crippen molar-refractivity contribution < 1.29 is 5.11 Å². The van der Waals surface area contributed by atoms with E-state index in [1.54, 1.807) is 30.5 Å². The van der Waals surface area contributed by atoms with Crippen molar-refractivity contribution in [3.05, 3.63) is 62.9 Å². The van der Waals surface area contributed by atoms with Crippen molar-refractivity contribution in [3.8, 4) is 0 Å². The minimum Gasteiger partial charge on any atom is -0.388 e. The molecule has 0 saturated heterocycles. The molecule has 0 radical (unpaired) electrons. The Labute approximate surface area is 120 Å². The summed E-state index contributed by atoms with van der Waals surface area (Å²) < 4.78 is 0. The molecular formula is C13H10Cl3NO. The van der Waals surface area contributed by atoms with Gasteiger partial charge in [0.25, 0.3) is 0 Å². The maximum absolute atomic E-state index is 10.1. The number of nitrogens with zero attached hydrogens (tertiary/aromatic N) is 1. The van der Waals surface area contributed by atoms with E-state index in [2.05, 4.69) is 4.98 Å². The molecule has 0 aliphatic rings. The molecule has 0 aliphatic carbocycles. The van der Waals surface area contributed by atoms with Crippen LogP contribution in [0.15, 0.2) is 36.5 Å². The molecule has 1 unspecified atom stereocenters. The molecule has 1 aromatic carbocycles. The van der Waals surface area contributed by atoms with E-state index < -0.39 is 6.10 Å². The van der Waals surface area contributed by atoms with Crippen LogP contribution in [0.5, 0.6) is 0 Å². The Hall–Kier alpha value is -0.800. The number of benzene rings is 1. The highest BCUT2D eigenvalue weighted by Gasteiger charge is 2.12. The quantitative estimate of drug-likeness (QED) is 0.857. The molecule has 5 heteroatoms. The third-order valence-corrected chi connectivity index (χ3v) is 3.64. The fourth-order valence-electron chi connectivity index (χ4n) is 1.66. The molecule has 1 aromatic heterocycles. The second-order valence-corrected chi connectivity index (χ2v) is 5.02. The van der Waals surface area contributed by atoms with E-state index in [0.29, 0.717) is 27.2 Å². The minimum atomic E-state index is -0.693. The minimum absolute atomic E-state index is 0.351. The standard InChI is InChI=1S/C13H10Cl3NO/c14-10-3-1-2-9(13(10)16)6-11(18)8-4-5-17-12(15)7-8/h1-5,7,11,18H,6H2. The molecule has 1 heterocycles. The van der Waals surface area contributed by atoms with Gasteiger partial charge in [-0.2, -0.15) is 0 Å². The van der Waals surface area contributed by atoms with Gasteiger partial charge in [0.1, 0.15) is 5.15 Å². The van der Waals surface area contributed by atoms with Gasteiger partial charge in [-0.05, 0) is 29.3 Å². The van der Waals surface area contributed by atoms with Crippen LogP contribution in [0, 0.1) is 0 Å². The first-order valence-corrected chi connectivity index (χ1v) is 6.43. The molecule has 0 aliphatic heterocycles. The van der Waals surface area contributed by atoms with Crippen LogP contribution >= 0.6 is 34.8 Å². The van der Waals surface area contributed by atoms with Crippen molar-refractivity contribution in [1.29, 1.82) is 0 Å². The molecule has 1 atom stereocenters. The predicted molar refractivity (Wildman–Crippen MR) is 74.4 cm³/mol. The van der Waals surface area contributed by atoms with Crippen LogP contribution in [0.4, 0.5) is 0 Å². The van der Waals surface area contributed by atoms with Crippen LogP contribution in [-0.4, -0.2) is 10.1 Å². The van der Waals surface area contributed by atoms with Crippen LogP contribution in [0.25, 0.3) is 0 Å². The summed E-state index contributed by atoms with van der Waals surface area (Å²) in [6.07, 6.45) is 1.24. The summed E-state index contributed by atoms with van der Waals surface area (Å²) in [6, 6.07) is 8.69. The van der Waals surface area contributed by atoms with E-state index in [1.165, 1.54) is 0 Å². The number of hydrogen-bond acceptors (Lipinski definition) is 2. The van der Waals surface area contributed by atoms with Gasteiger partial charge in [-0.25, -0.2) is 4.98 Å². The maximum Gasteiger partial charge on any atom is 0.129 e. The lowest BCUT2D eigenvalue weighted by Gasteiger charge is -2.12. The van der Waals surface area contributed by atoms with E-state index >= 15 is 0 Å². The van der Waals surface area contributed by atoms with Crippen molar-refractivity contribution in [2.45, 2.75) is 12.5 Å². The zero-order chi connectivity index (χ0) is 13.1. The number of pyridine rings is 1. The maximum atomic E-state index is 10.1. The predicted octanol–water partition coefficient (Wildman–Crippen LogP) is 4.32. The van der Waals surface area contributed by atoms with Crippen LogP contribution < -0.4 is 0 Å². The van der Waals surface area contributed by atoms with Gasteiger partial charge in [-0.3, -0.25) is 0 Å². The first-order chi connectivity index (χ1) is 8.58. The summed E-state index contributed by atoms with van der Waals surface area (Å²) in [7, 11) is 0. The number of rotatable bonds is 3. The molecule has 0 saturated carbocycles. The van der Waals surface area contributed by atoms with Crippen molar-refractivity contribution in [1.82, 2.24) is 4.98 Å². The molecule has 0 bridgehead atoms. The Morgan fingerprint density at radius 2 is 1.94 bits per heavy atom. The molecular weight excluding hydrogens is 293 g/mol. The van der Waals surface area contributed by atoms with Crippen LogP contribution in [0.1, 0.15) is 17.2 Å². The summed E-state index contributed by atoms with van der Waals surface area (Å²) in [5.74, 6) is 0. The number of aliphatic hydroxyl groups is 1. The molecule has 2 rings (SSSR count). The highest BCUT2D eigenvalue weighted by Crippen LogP contribution is 2.29. The van der Waals surface area contributed by atoms with Crippen molar-refractivity contribution in [2.24, 2.45) is 0 Å². The van der Waals surface area contributed by atoms with Gasteiger partial charge < -0.3 is 5.11 Å². The van der Waals surface area contributed by atoms with E-state index in [4.69, 9.17) is 34.8 Å². The van der Waals surface area contributed by atoms with Gasteiger partial charge in [0.2, 0.25) is 0 Å². The van der Waals surface area contributed by atoms with Crippen molar-refractivity contribution in [2.75, 3.05) is 0 Å². The second kappa shape index (κ2) is 5.89. The van der Waals surface area contributed by atoms with Gasteiger partial charge in [-0.1, -0.05) is 46.9 Å². The molecule has 2 nitrogen and oxygen atoms in total. The average molecular weight is 303 g/mol. The average Bonchev–Trinajstić information content (AvgIpc) is 2.35. The Morgan fingerprint density at radius 1 is 1.17 bits per heavy atom. The Kier molecular flexibility index (Phi) is 4.46. The monoisotopic (exact) mass is 301 g/mol. The highest BCUT2D eigenvalue weighted by molar-refractivity contribution is 6.42. The second-order valence-electron chi connectivity index (χ2n) is 3.84. The van der Waals surface area contributed by atoms with Crippen LogP contribution in [0.3, 0.4) is 0 Å². The SMILES string of the molecule is OC(Cc1cccc(Cl)c1Cl)c1ccnc(Cl)c1. The first-order valence-electron chi connectivity index (χ1n) is 5.30. The molecule has 1 N–H and O–H groups in total. The Bertz CT molecular complexity index is 560. The lowest BCUT2D eigenvalue weighted by Crippen LogP contribution is -2.02. The zero-order valence-corrected chi connectivity index (χ0v) is 11.5. The van der Waals surface area contributed by atoms with Crippen LogP contribution in [-0.2, 0) is 6.42 Å². The number of halogens is 3. The lowest BCUT2D eigenvalue weighted by atomic mass is 10.0. The van der Waals surface area contributed by atoms with Crippen molar-refractivity contribution >= 4 is 34.8 Å². The largest absolute Gasteiger partial charge is 0.388 e. The molecule has 0 amide bonds. The Morgan fingerprint density at radius 3 is 2.67 bits per heavy atom. The van der Waals surface area contributed by atoms with E-state index in [1.807, 2.05) is 6.07 Å². The van der Waals surface area contributed by atoms with Gasteiger partial charge in [0.15, 0.2) is 0 Å².